The fraction of sp³-hybridized carbons (Fsp3) is 0.400. The van der Waals surface area contributed by atoms with Crippen molar-refractivity contribution in [3.8, 4) is 5.75 Å². The fourth-order valence-corrected chi connectivity index (χ4v) is 3.38. The van der Waals surface area contributed by atoms with Crippen LogP contribution in [0.25, 0.3) is 4.96 Å². The van der Waals surface area contributed by atoms with E-state index < -0.39 is 0 Å². The van der Waals surface area contributed by atoms with Crippen LogP contribution in [0.3, 0.4) is 0 Å². The van der Waals surface area contributed by atoms with Crippen molar-refractivity contribution in [2.24, 2.45) is 0 Å². The van der Waals surface area contributed by atoms with Gasteiger partial charge in [-0.3, -0.25) is 4.90 Å². The summed E-state index contributed by atoms with van der Waals surface area (Å²) in [5, 5.41) is 14.6. The quantitative estimate of drug-likeness (QED) is 0.691. The molecule has 9 heteroatoms. The molecule has 3 aromatic rings. The second-order valence-corrected chi connectivity index (χ2v) is 6.91. The molecule has 0 atom stereocenters. The van der Waals surface area contributed by atoms with Crippen LogP contribution in [0.15, 0.2) is 24.3 Å². The van der Waals surface area contributed by atoms with Gasteiger partial charge in [-0.15, -0.1) is 10.2 Å². The SMILES string of the molecule is Clc1ccc(OCc2nn3c(CN4CCOCC4)nnc3s2)cc1. The van der Waals surface area contributed by atoms with E-state index in [1.807, 2.05) is 12.1 Å². The van der Waals surface area contributed by atoms with Crippen molar-refractivity contribution >= 4 is 27.9 Å². The summed E-state index contributed by atoms with van der Waals surface area (Å²) in [4.78, 5) is 3.08. The van der Waals surface area contributed by atoms with Crippen LogP contribution in [0.4, 0.5) is 0 Å². The first-order valence-electron chi connectivity index (χ1n) is 7.66. The van der Waals surface area contributed by atoms with Gasteiger partial charge >= 0.3 is 0 Å². The van der Waals surface area contributed by atoms with Crippen molar-refractivity contribution in [1.82, 2.24) is 24.7 Å². The van der Waals surface area contributed by atoms with E-state index in [0.717, 1.165) is 54.4 Å². The van der Waals surface area contributed by atoms with Crippen LogP contribution in [0.5, 0.6) is 5.75 Å². The Morgan fingerprint density at radius 3 is 2.75 bits per heavy atom. The van der Waals surface area contributed by atoms with E-state index in [-0.39, 0.29) is 0 Å². The number of rotatable bonds is 5. The molecular formula is C15H16ClN5O2S. The second kappa shape index (κ2) is 7.02. The first-order valence-corrected chi connectivity index (χ1v) is 8.86. The highest BCUT2D eigenvalue weighted by atomic mass is 35.5. The number of hydrogen-bond acceptors (Lipinski definition) is 7. The summed E-state index contributed by atoms with van der Waals surface area (Å²) in [5.74, 6) is 1.61. The first kappa shape index (κ1) is 15.8. The largest absolute Gasteiger partial charge is 0.486 e. The highest BCUT2D eigenvalue weighted by Gasteiger charge is 2.17. The van der Waals surface area contributed by atoms with Crippen molar-refractivity contribution in [2.75, 3.05) is 26.3 Å². The number of nitrogens with zero attached hydrogens (tertiary/aromatic N) is 5. The lowest BCUT2D eigenvalue weighted by Crippen LogP contribution is -2.36. The Labute approximate surface area is 147 Å². The third-order valence-corrected chi connectivity index (χ3v) is 4.87. The molecule has 0 saturated carbocycles. The van der Waals surface area contributed by atoms with Gasteiger partial charge in [0.25, 0.3) is 0 Å². The summed E-state index contributed by atoms with van der Waals surface area (Å²) in [6, 6.07) is 7.28. The van der Waals surface area contributed by atoms with E-state index in [2.05, 4.69) is 20.2 Å². The third kappa shape index (κ3) is 3.51. The Kier molecular flexibility index (Phi) is 4.61. The van der Waals surface area contributed by atoms with Gasteiger partial charge in [-0.05, 0) is 24.3 Å². The van der Waals surface area contributed by atoms with Crippen molar-refractivity contribution in [3.63, 3.8) is 0 Å². The molecule has 0 unspecified atom stereocenters. The molecule has 24 heavy (non-hydrogen) atoms. The van der Waals surface area contributed by atoms with Gasteiger partial charge in [0.15, 0.2) is 10.8 Å². The summed E-state index contributed by atoms with van der Waals surface area (Å²) in [7, 11) is 0. The van der Waals surface area contributed by atoms with Gasteiger partial charge in [0, 0.05) is 18.1 Å². The van der Waals surface area contributed by atoms with Gasteiger partial charge in [0.2, 0.25) is 4.96 Å². The van der Waals surface area contributed by atoms with Crippen molar-refractivity contribution in [3.05, 3.63) is 40.1 Å². The molecule has 3 heterocycles. The van der Waals surface area contributed by atoms with E-state index >= 15 is 0 Å². The Balaban J connectivity index is 1.44. The molecule has 1 aromatic carbocycles. The molecule has 1 aliphatic rings. The summed E-state index contributed by atoms with van der Waals surface area (Å²) >= 11 is 7.36. The standard InChI is InChI=1S/C15H16ClN5O2S/c16-11-1-3-12(4-2-11)23-10-14-19-21-13(17-18-15(21)24-14)9-20-5-7-22-8-6-20/h1-4H,5-10H2. The molecule has 0 amide bonds. The van der Waals surface area contributed by atoms with Gasteiger partial charge in [0.1, 0.15) is 12.4 Å². The smallest absolute Gasteiger partial charge is 0.234 e. The number of aromatic nitrogens is 4. The predicted molar refractivity (Wildman–Crippen MR) is 90.5 cm³/mol. The van der Waals surface area contributed by atoms with Crippen LogP contribution in [-0.4, -0.2) is 51.0 Å². The summed E-state index contributed by atoms with van der Waals surface area (Å²) in [6.07, 6.45) is 0. The molecule has 126 valence electrons. The van der Waals surface area contributed by atoms with Crippen molar-refractivity contribution in [2.45, 2.75) is 13.2 Å². The van der Waals surface area contributed by atoms with Gasteiger partial charge in [-0.25, -0.2) is 0 Å². The van der Waals surface area contributed by atoms with Crippen molar-refractivity contribution in [1.29, 1.82) is 0 Å². The zero-order chi connectivity index (χ0) is 16.4. The van der Waals surface area contributed by atoms with E-state index in [1.54, 1.807) is 16.6 Å². The minimum atomic E-state index is 0.395. The molecule has 1 fully saturated rings. The number of ether oxygens (including phenoxy) is 2. The van der Waals surface area contributed by atoms with Crippen LogP contribution in [0.2, 0.25) is 5.02 Å². The maximum Gasteiger partial charge on any atom is 0.234 e. The highest BCUT2D eigenvalue weighted by Crippen LogP contribution is 2.19. The minimum absolute atomic E-state index is 0.395. The zero-order valence-corrected chi connectivity index (χ0v) is 14.5. The van der Waals surface area contributed by atoms with Gasteiger partial charge in [-0.2, -0.15) is 9.61 Å². The monoisotopic (exact) mass is 365 g/mol. The van der Waals surface area contributed by atoms with Gasteiger partial charge < -0.3 is 9.47 Å². The highest BCUT2D eigenvalue weighted by molar-refractivity contribution is 7.16. The molecule has 0 spiro atoms. The molecule has 1 saturated heterocycles. The molecule has 2 aromatic heterocycles. The van der Waals surface area contributed by atoms with E-state index in [4.69, 9.17) is 21.1 Å². The average Bonchev–Trinajstić information content (AvgIpc) is 3.17. The molecule has 0 aliphatic carbocycles. The van der Waals surface area contributed by atoms with E-state index in [9.17, 15) is 0 Å². The van der Waals surface area contributed by atoms with Gasteiger partial charge in [-0.1, -0.05) is 22.9 Å². The molecule has 0 N–H and O–H groups in total. The first-order chi connectivity index (χ1) is 11.8. The van der Waals surface area contributed by atoms with Crippen molar-refractivity contribution < 1.29 is 9.47 Å². The minimum Gasteiger partial charge on any atom is -0.486 e. The average molecular weight is 366 g/mol. The number of fused-ring (bicyclic) bond motifs is 1. The second-order valence-electron chi connectivity index (χ2n) is 5.44. The fourth-order valence-electron chi connectivity index (χ4n) is 2.49. The Morgan fingerprint density at radius 1 is 1.17 bits per heavy atom. The lowest BCUT2D eigenvalue weighted by Gasteiger charge is -2.25. The lowest BCUT2D eigenvalue weighted by molar-refractivity contribution is 0.0328. The maximum absolute atomic E-state index is 5.87. The number of benzene rings is 1. The molecular weight excluding hydrogens is 350 g/mol. The Hall–Kier alpha value is -1.74. The normalized spacial score (nSPS) is 15.9. The van der Waals surface area contributed by atoms with Crippen LogP contribution in [0.1, 0.15) is 10.8 Å². The van der Waals surface area contributed by atoms with Crippen LogP contribution in [0, 0.1) is 0 Å². The third-order valence-electron chi connectivity index (χ3n) is 3.74. The zero-order valence-electron chi connectivity index (χ0n) is 12.9. The predicted octanol–water partition coefficient (Wildman–Crippen LogP) is 2.25. The maximum atomic E-state index is 5.87. The summed E-state index contributed by atoms with van der Waals surface area (Å²) in [5.41, 5.74) is 0. The number of morpholine rings is 1. The Bertz CT molecular complexity index is 813. The molecule has 4 rings (SSSR count). The molecule has 1 aliphatic heterocycles. The van der Waals surface area contributed by atoms with Gasteiger partial charge in [0.05, 0.1) is 19.8 Å². The summed E-state index contributed by atoms with van der Waals surface area (Å²) < 4.78 is 12.9. The topological polar surface area (TPSA) is 64.8 Å². The Morgan fingerprint density at radius 2 is 1.96 bits per heavy atom. The lowest BCUT2D eigenvalue weighted by atomic mass is 10.3. The van der Waals surface area contributed by atoms with E-state index in [1.165, 1.54) is 11.3 Å². The summed E-state index contributed by atoms with van der Waals surface area (Å²) in [6.45, 7) is 4.47. The molecule has 0 radical (unpaired) electrons. The van der Waals surface area contributed by atoms with E-state index in [0.29, 0.717) is 11.6 Å². The molecule has 0 bridgehead atoms. The van der Waals surface area contributed by atoms with Crippen LogP contribution >= 0.6 is 22.9 Å². The van der Waals surface area contributed by atoms with Crippen LogP contribution in [-0.2, 0) is 17.9 Å². The van der Waals surface area contributed by atoms with Crippen LogP contribution < -0.4 is 4.74 Å². The molecule has 7 nitrogen and oxygen atoms in total. The number of halogens is 1. The number of hydrogen-bond donors (Lipinski definition) is 0.